The Bertz CT molecular complexity index is 189. The molecule has 1 heterocycles. The molecule has 0 saturated heterocycles. The average molecular weight is 123 g/mol. The van der Waals surface area contributed by atoms with Gasteiger partial charge in [0, 0.05) is 12.3 Å². The van der Waals surface area contributed by atoms with Crippen molar-refractivity contribution in [2.24, 2.45) is 10.1 Å². The summed E-state index contributed by atoms with van der Waals surface area (Å²) in [5.74, 6) is 0.790. The lowest BCUT2D eigenvalue weighted by Crippen LogP contribution is -2.80. The van der Waals surface area contributed by atoms with Gasteiger partial charge in [0.25, 0.3) is 5.84 Å². The van der Waals surface area contributed by atoms with E-state index >= 15 is 0 Å². The van der Waals surface area contributed by atoms with Crippen molar-refractivity contribution in [2.75, 3.05) is 0 Å². The van der Waals surface area contributed by atoms with Crippen molar-refractivity contribution in [3.8, 4) is 0 Å². The highest BCUT2D eigenvalue weighted by Crippen LogP contribution is 1.73. The third-order valence-electron chi connectivity index (χ3n) is 0.843. The SMILES string of the molecule is N=CC=CC1=NC=N[NH2+]1. The van der Waals surface area contributed by atoms with Crippen molar-refractivity contribution in [3.63, 3.8) is 0 Å². The summed E-state index contributed by atoms with van der Waals surface area (Å²) >= 11 is 0. The third-order valence-corrected chi connectivity index (χ3v) is 0.843. The number of nitrogens with zero attached hydrogens (tertiary/aromatic N) is 2. The number of amidine groups is 1. The molecule has 3 N–H and O–H groups in total. The molecule has 0 saturated carbocycles. The zero-order valence-corrected chi connectivity index (χ0v) is 4.78. The molecule has 0 aromatic heterocycles. The molecular formula is C5H7N4+. The second-order valence-electron chi connectivity index (χ2n) is 1.47. The van der Waals surface area contributed by atoms with E-state index in [0.717, 1.165) is 5.84 Å². The summed E-state index contributed by atoms with van der Waals surface area (Å²) in [5.41, 5.74) is 1.64. The van der Waals surface area contributed by atoms with E-state index < -0.39 is 0 Å². The minimum atomic E-state index is 0.790. The highest BCUT2D eigenvalue weighted by atomic mass is 15.4. The number of allylic oxidation sites excluding steroid dienone is 1. The van der Waals surface area contributed by atoms with Crippen molar-refractivity contribution in [3.05, 3.63) is 12.2 Å². The van der Waals surface area contributed by atoms with Crippen LogP contribution in [-0.2, 0) is 0 Å². The maximum Gasteiger partial charge on any atom is 0.252 e. The first-order valence-corrected chi connectivity index (χ1v) is 2.53. The molecule has 1 aliphatic heterocycles. The topological polar surface area (TPSA) is 65.2 Å². The van der Waals surface area contributed by atoms with Gasteiger partial charge in [0.15, 0.2) is 6.34 Å². The van der Waals surface area contributed by atoms with Crippen LogP contribution in [0.4, 0.5) is 0 Å². The van der Waals surface area contributed by atoms with Gasteiger partial charge in [-0.25, -0.2) is 0 Å². The number of rotatable bonds is 2. The van der Waals surface area contributed by atoms with Gasteiger partial charge in [-0.15, -0.1) is 0 Å². The van der Waals surface area contributed by atoms with Gasteiger partial charge in [-0.05, 0) is 6.08 Å². The number of hydrogen-bond donors (Lipinski definition) is 2. The molecule has 0 fully saturated rings. The average Bonchev–Trinajstić information content (AvgIpc) is 2.34. The van der Waals surface area contributed by atoms with Crippen LogP contribution in [0.25, 0.3) is 0 Å². The van der Waals surface area contributed by atoms with Crippen molar-refractivity contribution >= 4 is 18.4 Å². The molecule has 9 heavy (non-hydrogen) atoms. The lowest BCUT2D eigenvalue weighted by molar-refractivity contribution is -0.539. The molecule has 0 aliphatic carbocycles. The molecule has 0 aromatic carbocycles. The summed E-state index contributed by atoms with van der Waals surface area (Å²) in [7, 11) is 0. The fourth-order valence-electron chi connectivity index (χ4n) is 0.476. The molecular weight excluding hydrogens is 116 g/mol. The van der Waals surface area contributed by atoms with Crippen LogP contribution in [-0.4, -0.2) is 18.4 Å². The molecule has 0 amide bonds. The Morgan fingerprint density at radius 3 is 3.11 bits per heavy atom. The minimum absolute atomic E-state index is 0.790. The zero-order valence-electron chi connectivity index (χ0n) is 4.78. The van der Waals surface area contributed by atoms with Crippen LogP contribution in [0.2, 0.25) is 0 Å². The highest BCUT2D eigenvalue weighted by Gasteiger charge is 1.99. The van der Waals surface area contributed by atoms with Crippen LogP contribution in [0.3, 0.4) is 0 Å². The number of aliphatic imine (C=N–C) groups is 1. The van der Waals surface area contributed by atoms with Crippen molar-refractivity contribution in [1.82, 2.24) is 0 Å². The number of nitrogens with two attached hydrogens (primary N) is 1. The van der Waals surface area contributed by atoms with Crippen LogP contribution >= 0.6 is 0 Å². The van der Waals surface area contributed by atoms with Crippen LogP contribution in [0.5, 0.6) is 0 Å². The normalized spacial score (nSPS) is 16.7. The summed E-state index contributed by atoms with van der Waals surface area (Å²) < 4.78 is 0. The molecule has 0 spiro atoms. The molecule has 4 nitrogen and oxygen atoms in total. The van der Waals surface area contributed by atoms with E-state index in [2.05, 4.69) is 10.1 Å². The van der Waals surface area contributed by atoms with Gasteiger partial charge in [-0.1, -0.05) is 5.10 Å². The van der Waals surface area contributed by atoms with E-state index in [9.17, 15) is 0 Å². The second-order valence-corrected chi connectivity index (χ2v) is 1.47. The summed E-state index contributed by atoms with van der Waals surface area (Å²) in [5, 5.41) is 10.4. The minimum Gasteiger partial charge on any atom is -0.309 e. The van der Waals surface area contributed by atoms with Gasteiger partial charge in [0.05, 0.1) is 0 Å². The van der Waals surface area contributed by atoms with Crippen molar-refractivity contribution in [2.45, 2.75) is 0 Å². The van der Waals surface area contributed by atoms with Gasteiger partial charge < -0.3 is 5.41 Å². The first kappa shape index (κ1) is 5.84. The second kappa shape index (κ2) is 2.88. The van der Waals surface area contributed by atoms with E-state index in [1.54, 1.807) is 17.6 Å². The Labute approximate surface area is 52.5 Å². The Kier molecular flexibility index (Phi) is 1.87. The number of nitrogens with one attached hydrogen (secondary N) is 1. The van der Waals surface area contributed by atoms with Gasteiger partial charge in [-0.2, -0.15) is 10.4 Å². The number of hydrogen-bond acceptors (Lipinski definition) is 3. The van der Waals surface area contributed by atoms with Crippen molar-refractivity contribution < 1.29 is 5.43 Å². The molecule has 0 radical (unpaired) electrons. The van der Waals surface area contributed by atoms with Crippen LogP contribution in [0, 0.1) is 5.41 Å². The van der Waals surface area contributed by atoms with Gasteiger partial charge in [0.2, 0.25) is 0 Å². The van der Waals surface area contributed by atoms with Gasteiger partial charge in [-0.3, -0.25) is 0 Å². The van der Waals surface area contributed by atoms with E-state index in [4.69, 9.17) is 5.41 Å². The Balaban J connectivity index is 2.47. The van der Waals surface area contributed by atoms with Gasteiger partial charge in [0.1, 0.15) is 0 Å². The molecule has 0 unspecified atom stereocenters. The smallest absolute Gasteiger partial charge is 0.252 e. The molecule has 1 aliphatic rings. The first-order chi connectivity index (χ1) is 4.43. The first-order valence-electron chi connectivity index (χ1n) is 2.53. The molecule has 0 aromatic rings. The molecule has 1 rings (SSSR count). The predicted molar refractivity (Wildman–Crippen MR) is 35.8 cm³/mol. The lowest BCUT2D eigenvalue weighted by Gasteiger charge is -1.78. The molecule has 0 bridgehead atoms. The predicted octanol–water partition coefficient (Wildman–Crippen LogP) is -0.889. The monoisotopic (exact) mass is 123 g/mol. The van der Waals surface area contributed by atoms with Crippen LogP contribution in [0.1, 0.15) is 0 Å². The maximum absolute atomic E-state index is 6.65. The maximum atomic E-state index is 6.65. The summed E-state index contributed by atoms with van der Waals surface area (Å²) in [6.45, 7) is 0. The van der Waals surface area contributed by atoms with E-state index in [1.807, 2.05) is 0 Å². The zero-order chi connectivity index (χ0) is 6.53. The van der Waals surface area contributed by atoms with E-state index in [-0.39, 0.29) is 0 Å². The Morgan fingerprint density at radius 2 is 2.56 bits per heavy atom. The fraction of sp³-hybridized carbons (Fsp3) is 0. The Hall–Kier alpha value is -1.29. The summed E-state index contributed by atoms with van der Waals surface area (Å²) in [6.07, 6.45) is 6.00. The van der Waals surface area contributed by atoms with E-state index in [1.165, 1.54) is 12.6 Å². The largest absolute Gasteiger partial charge is 0.309 e. The molecule has 0 atom stereocenters. The van der Waals surface area contributed by atoms with Crippen LogP contribution < -0.4 is 5.43 Å². The number of quaternary nitrogens is 1. The van der Waals surface area contributed by atoms with Crippen molar-refractivity contribution in [1.29, 1.82) is 5.41 Å². The quantitative estimate of drug-likeness (QED) is 0.353. The molecule has 4 heteroatoms. The highest BCUT2D eigenvalue weighted by molar-refractivity contribution is 5.94. The lowest BCUT2D eigenvalue weighted by atomic mass is 10.5. The fourth-order valence-corrected chi connectivity index (χ4v) is 0.476. The standard InChI is InChI=1S/C5H6N4/c6-3-1-2-5-7-4-8-9-5/h1-4,6H,(H,7,8,9)/p+1. The summed E-state index contributed by atoms with van der Waals surface area (Å²) in [4.78, 5) is 3.85. The third kappa shape index (κ3) is 1.58. The van der Waals surface area contributed by atoms with Gasteiger partial charge >= 0.3 is 0 Å². The molecule has 46 valence electrons. The Morgan fingerprint density at radius 1 is 1.67 bits per heavy atom. The van der Waals surface area contributed by atoms with E-state index in [0.29, 0.717) is 0 Å². The van der Waals surface area contributed by atoms with Crippen LogP contribution in [0.15, 0.2) is 22.2 Å². The summed E-state index contributed by atoms with van der Waals surface area (Å²) in [6, 6.07) is 0.